The van der Waals surface area contributed by atoms with Crippen LogP contribution in [-0.2, 0) is 11.8 Å². The second-order valence-corrected chi connectivity index (χ2v) is 5.75. The number of imidazole rings is 1. The van der Waals surface area contributed by atoms with Crippen LogP contribution in [0.5, 0.6) is 0 Å². The summed E-state index contributed by atoms with van der Waals surface area (Å²) < 4.78 is 7.75. The lowest BCUT2D eigenvalue weighted by molar-refractivity contribution is -0.0279. The summed E-state index contributed by atoms with van der Waals surface area (Å²) in [5.41, 5.74) is 1.72. The molecule has 106 valence electrons. The molecule has 1 aliphatic heterocycles. The van der Waals surface area contributed by atoms with Gasteiger partial charge in [0.15, 0.2) is 0 Å². The van der Waals surface area contributed by atoms with Crippen molar-refractivity contribution in [3.05, 3.63) is 40.1 Å². The molecule has 1 atom stereocenters. The van der Waals surface area contributed by atoms with Gasteiger partial charge in [-0.05, 0) is 18.4 Å². The van der Waals surface area contributed by atoms with E-state index in [2.05, 4.69) is 4.98 Å². The molecule has 2 aromatic heterocycles. The minimum atomic E-state index is -0.148. The molecule has 0 saturated carbocycles. The molecular weight excluding hydrogens is 274 g/mol. The van der Waals surface area contributed by atoms with Crippen LogP contribution in [0.2, 0.25) is 0 Å². The molecule has 0 N–H and O–H groups in total. The van der Waals surface area contributed by atoms with Crippen LogP contribution in [0.4, 0.5) is 0 Å². The second kappa shape index (κ2) is 5.38. The van der Waals surface area contributed by atoms with Gasteiger partial charge in [-0.2, -0.15) is 11.3 Å². The van der Waals surface area contributed by atoms with Crippen LogP contribution in [0.3, 0.4) is 0 Å². The summed E-state index contributed by atoms with van der Waals surface area (Å²) in [5, 5.41) is 3.81. The van der Waals surface area contributed by atoms with Crippen molar-refractivity contribution in [2.75, 3.05) is 19.7 Å². The number of rotatable bonds is 2. The monoisotopic (exact) mass is 291 g/mol. The van der Waals surface area contributed by atoms with Crippen molar-refractivity contribution in [3.63, 3.8) is 0 Å². The predicted molar refractivity (Wildman–Crippen MR) is 76.9 cm³/mol. The number of carbonyl (C=O) groups excluding carboxylic acids is 1. The maximum absolute atomic E-state index is 12.4. The van der Waals surface area contributed by atoms with Crippen LogP contribution >= 0.6 is 11.3 Å². The van der Waals surface area contributed by atoms with E-state index in [0.717, 1.165) is 17.1 Å². The van der Waals surface area contributed by atoms with Gasteiger partial charge in [-0.1, -0.05) is 0 Å². The number of aryl methyl sites for hydroxylation is 2. The highest BCUT2D eigenvalue weighted by Gasteiger charge is 2.28. The highest BCUT2D eigenvalue weighted by molar-refractivity contribution is 7.08. The molecule has 0 radical (unpaired) electrons. The largest absolute Gasteiger partial charge is 0.367 e. The Kier molecular flexibility index (Phi) is 3.58. The van der Waals surface area contributed by atoms with Crippen LogP contribution in [0.1, 0.15) is 28.0 Å². The van der Waals surface area contributed by atoms with Gasteiger partial charge >= 0.3 is 0 Å². The first kappa shape index (κ1) is 13.3. The topological polar surface area (TPSA) is 47.4 Å². The zero-order valence-corrected chi connectivity index (χ0v) is 12.4. The molecule has 0 bridgehead atoms. The Hall–Kier alpha value is -1.66. The van der Waals surface area contributed by atoms with Gasteiger partial charge in [-0.15, -0.1) is 0 Å². The van der Waals surface area contributed by atoms with Crippen LogP contribution in [-0.4, -0.2) is 40.1 Å². The highest BCUT2D eigenvalue weighted by atomic mass is 32.1. The number of aromatic nitrogens is 2. The number of nitrogens with zero attached hydrogens (tertiary/aromatic N) is 3. The van der Waals surface area contributed by atoms with Crippen molar-refractivity contribution in [2.24, 2.45) is 7.05 Å². The van der Waals surface area contributed by atoms with Gasteiger partial charge in [0.2, 0.25) is 0 Å². The van der Waals surface area contributed by atoms with E-state index in [1.807, 2.05) is 46.5 Å². The fourth-order valence-corrected chi connectivity index (χ4v) is 3.12. The molecule has 2 aromatic rings. The average Bonchev–Trinajstić information content (AvgIpc) is 3.08. The predicted octanol–water partition coefficient (Wildman–Crippen LogP) is 2.00. The maximum atomic E-state index is 12.4. The Morgan fingerprint density at radius 2 is 2.40 bits per heavy atom. The van der Waals surface area contributed by atoms with E-state index in [-0.39, 0.29) is 12.0 Å². The SMILES string of the molecule is Cc1cn(C)c([C@H]2CN(C(=O)c3ccsc3)CCO2)n1. The Morgan fingerprint density at radius 1 is 1.55 bits per heavy atom. The molecule has 0 spiro atoms. The molecule has 3 heterocycles. The van der Waals surface area contributed by atoms with E-state index >= 15 is 0 Å². The quantitative estimate of drug-likeness (QED) is 0.850. The first-order chi connectivity index (χ1) is 9.65. The van der Waals surface area contributed by atoms with Gasteiger partial charge in [-0.25, -0.2) is 4.98 Å². The summed E-state index contributed by atoms with van der Waals surface area (Å²) in [7, 11) is 1.96. The van der Waals surface area contributed by atoms with Gasteiger partial charge < -0.3 is 14.2 Å². The summed E-state index contributed by atoms with van der Waals surface area (Å²) >= 11 is 1.54. The van der Waals surface area contributed by atoms with Crippen LogP contribution in [0.15, 0.2) is 23.0 Å². The molecule has 1 fully saturated rings. The van der Waals surface area contributed by atoms with Crippen molar-refractivity contribution >= 4 is 17.2 Å². The molecule has 0 aliphatic carbocycles. The number of hydrogen-bond acceptors (Lipinski definition) is 4. The number of carbonyl (C=O) groups is 1. The third kappa shape index (κ3) is 2.48. The van der Waals surface area contributed by atoms with Crippen molar-refractivity contribution in [2.45, 2.75) is 13.0 Å². The Balaban J connectivity index is 1.77. The highest BCUT2D eigenvalue weighted by Crippen LogP contribution is 2.23. The minimum Gasteiger partial charge on any atom is -0.367 e. The zero-order chi connectivity index (χ0) is 14.1. The zero-order valence-electron chi connectivity index (χ0n) is 11.6. The molecule has 20 heavy (non-hydrogen) atoms. The van der Waals surface area contributed by atoms with E-state index in [0.29, 0.717) is 19.7 Å². The molecule has 0 unspecified atom stereocenters. The van der Waals surface area contributed by atoms with Gasteiger partial charge in [0.1, 0.15) is 11.9 Å². The van der Waals surface area contributed by atoms with E-state index in [1.165, 1.54) is 11.3 Å². The number of hydrogen-bond donors (Lipinski definition) is 0. The van der Waals surface area contributed by atoms with Crippen molar-refractivity contribution in [1.29, 1.82) is 0 Å². The molecule has 6 heteroatoms. The van der Waals surface area contributed by atoms with Crippen LogP contribution in [0.25, 0.3) is 0 Å². The number of morpholine rings is 1. The van der Waals surface area contributed by atoms with Crippen molar-refractivity contribution in [1.82, 2.24) is 14.5 Å². The first-order valence-corrected chi connectivity index (χ1v) is 7.52. The molecule has 5 nitrogen and oxygen atoms in total. The normalized spacial score (nSPS) is 19.3. The molecule has 1 aliphatic rings. The second-order valence-electron chi connectivity index (χ2n) is 4.97. The Labute approximate surface area is 121 Å². The number of amides is 1. The number of thiophene rings is 1. The smallest absolute Gasteiger partial charge is 0.254 e. The molecular formula is C14H17N3O2S. The van der Waals surface area contributed by atoms with Gasteiger partial charge in [0.05, 0.1) is 24.4 Å². The standard InChI is InChI=1S/C14H17N3O2S/c1-10-7-16(2)13(15-10)12-8-17(4-5-19-12)14(18)11-3-6-20-9-11/h3,6-7,9,12H,4-5,8H2,1-2H3/t12-/m1/s1. The minimum absolute atomic E-state index is 0.0745. The Bertz CT molecular complexity index is 606. The summed E-state index contributed by atoms with van der Waals surface area (Å²) in [5.74, 6) is 0.954. The molecule has 1 saturated heterocycles. The summed E-state index contributed by atoms with van der Waals surface area (Å²) in [6, 6.07) is 1.86. The van der Waals surface area contributed by atoms with Gasteiger partial charge in [-0.3, -0.25) is 4.79 Å². The van der Waals surface area contributed by atoms with Gasteiger partial charge in [0.25, 0.3) is 5.91 Å². The summed E-state index contributed by atoms with van der Waals surface area (Å²) in [6.45, 7) is 3.70. The average molecular weight is 291 g/mol. The number of ether oxygens (including phenoxy) is 1. The fraction of sp³-hybridized carbons (Fsp3) is 0.429. The molecule has 1 amide bonds. The first-order valence-electron chi connectivity index (χ1n) is 6.58. The van der Waals surface area contributed by atoms with E-state index in [9.17, 15) is 4.79 Å². The summed E-state index contributed by atoms with van der Waals surface area (Å²) in [6.07, 6.45) is 1.82. The van der Waals surface area contributed by atoms with Crippen LogP contribution < -0.4 is 0 Å². The third-order valence-corrected chi connectivity index (χ3v) is 4.13. The Morgan fingerprint density at radius 3 is 3.05 bits per heavy atom. The van der Waals surface area contributed by atoms with Crippen LogP contribution in [0, 0.1) is 6.92 Å². The van der Waals surface area contributed by atoms with Gasteiger partial charge in [0, 0.05) is 25.2 Å². The van der Waals surface area contributed by atoms with E-state index < -0.39 is 0 Å². The lowest BCUT2D eigenvalue weighted by atomic mass is 10.2. The van der Waals surface area contributed by atoms with E-state index in [1.54, 1.807) is 0 Å². The summed E-state index contributed by atoms with van der Waals surface area (Å²) in [4.78, 5) is 18.7. The third-order valence-electron chi connectivity index (χ3n) is 3.44. The maximum Gasteiger partial charge on any atom is 0.254 e. The van der Waals surface area contributed by atoms with E-state index in [4.69, 9.17) is 4.74 Å². The fourth-order valence-electron chi connectivity index (χ4n) is 2.49. The van der Waals surface area contributed by atoms with Crippen molar-refractivity contribution < 1.29 is 9.53 Å². The lowest BCUT2D eigenvalue weighted by Crippen LogP contribution is -2.42. The molecule has 3 rings (SSSR count). The van der Waals surface area contributed by atoms with Crippen molar-refractivity contribution in [3.8, 4) is 0 Å². The molecule has 0 aromatic carbocycles. The lowest BCUT2D eigenvalue weighted by Gasteiger charge is -2.32.